The zero-order valence-corrected chi connectivity index (χ0v) is 12.1. The van der Waals surface area contributed by atoms with E-state index in [4.69, 9.17) is 22.5 Å². The Bertz CT molecular complexity index is 714. The van der Waals surface area contributed by atoms with E-state index in [0.717, 1.165) is 5.56 Å². The van der Waals surface area contributed by atoms with E-state index in [2.05, 4.69) is 10.5 Å². The van der Waals surface area contributed by atoms with Gasteiger partial charge in [-0.2, -0.15) is 0 Å². The fourth-order valence-corrected chi connectivity index (χ4v) is 2.05. The summed E-state index contributed by atoms with van der Waals surface area (Å²) in [6, 6.07) is 11.9. The molecule has 2 rings (SSSR count). The van der Waals surface area contributed by atoms with Crippen molar-refractivity contribution in [2.45, 2.75) is 6.92 Å². The van der Waals surface area contributed by atoms with Gasteiger partial charge in [0.05, 0.1) is 10.6 Å². The van der Waals surface area contributed by atoms with Crippen LogP contribution in [0.15, 0.2) is 47.6 Å². The number of halogens is 1. The molecule has 21 heavy (non-hydrogen) atoms. The number of rotatable bonds is 3. The molecule has 0 saturated carbocycles. The Labute approximate surface area is 127 Å². The van der Waals surface area contributed by atoms with Crippen LogP contribution in [0.25, 0.3) is 0 Å². The first-order valence-electron chi connectivity index (χ1n) is 6.17. The van der Waals surface area contributed by atoms with Gasteiger partial charge in [0.2, 0.25) is 0 Å². The minimum absolute atomic E-state index is 0.0281. The molecule has 0 saturated heterocycles. The van der Waals surface area contributed by atoms with Gasteiger partial charge >= 0.3 is 0 Å². The smallest absolute Gasteiger partial charge is 0.257 e. The number of amides is 1. The van der Waals surface area contributed by atoms with Crippen LogP contribution in [-0.2, 0) is 0 Å². The molecule has 6 heteroatoms. The van der Waals surface area contributed by atoms with Crippen molar-refractivity contribution in [3.8, 4) is 0 Å². The first kappa shape index (κ1) is 14.9. The minimum atomic E-state index is -0.319. The van der Waals surface area contributed by atoms with Gasteiger partial charge in [0.25, 0.3) is 5.91 Å². The Morgan fingerprint density at radius 1 is 1.29 bits per heavy atom. The van der Waals surface area contributed by atoms with Gasteiger partial charge < -0.3 is 16.3 Å². The molecule has 0 heterocycles. The van der Waals surface area contributed by atoms with Crippen LogP contribution in [0.5, 0.6) is 0 Å². The van der Waals surface area contributed by atoms with Crippen molar-refractivity contribution in [2.75, 3.05) is 5.32 Å². The molecule has 108 valence electrons. The number of nitrogens with one attached hydrogen (secondary N) is 1. The van der Waals surface area contributed by atoms with Crippen LogP contribution < -0.4 is 11.1 Å². The number of aryl methyl sites for hydroxylation is 1. The number of carbonyl (C=O) groups is 1. The summed E-state index contributed by atoms with van der Waals surface area (Å²) in [4.78, 5) is 12.2. The summed E-state index contributed by atoms with van der Waals surface area (Å²) >= 11 is 6.13. The number of hydrogen-bond acceptors (Lipinski definition) is 3. The summed E-state index contributed by atoms with van der Waals surface area (Å²) in [5, 5.41) is 14.7. The van der Waals surface area contributed by atoms with E-state index in [1.807, 2.05) is 13.0 Å². The molecule has 0 unspecified atom stereocenters. The highest BCUT2D eigenvalue weighted by atomic mass is 35.5. The molecule has 0 aliphatic rings. The third-order valence-electron chi connectivity index (χ3n) is 2.96. The fraction of sp³-hybridized carbons (Fsp3) is 0.0667. The second-order valence-corrected chi connectivity index (χ2v) is 4.83. The highest BCUT2D eigenvalue weighted by molar-refractivity contribution is 6.35. The van der Waals surface area contributed by atoms with Crippen LogP contribution in [0, 0.1) is 6.92 Å². The van der Waals surface area contributed by atoms with Crippen LogP contribution in [0.4, 0.5) is 5.69 Å². The van der Waals surface area contributed by atoms with Crippen LogP contribution >= 0.6 is 11.6 Å². The maximum Gasteiger partial charge on any atom is 0.257 e. The molecule has 0 radical (unpaired) electrons. The number of nitrogens with two attached hydrogens (primary N) is 1. The number of carbonyl (C=O) groups excluding carboxylic acids is 1. The van der Waals surface area contributed by atoms with Gasteiger partial charge in [-0.25, -0.2) is 0 Å². The van der Waals surface area contributed by atoms with Gasteiger partial charge in [0.1, 0.15) is 0 Å². The SMILES string of the molecule is Cc1cccc(C(=O)Nc2cccc(/C(N)=N/O)c2)c1Cl. The van der Waals surface area contributed by atoms with Crippen LogP contribution in [0.2, 0.25) is 5.02 Å². The Balaban J connectivity index is 2.26. The Kier molecular flexibility index (Phi) is 4.45. The first-order valence-corrected chi connectivity index (χ1v) is 6.55. The van der Waals surface area contributed by atoms with Gasteiger partial charge in [-0.05, 0) is 30.7 Å². The standard InChI is InChI=1S/C15H14ClN3O2/c1-9-4-2-7-12(13(9)16)15(20)18-11-6-3-5-10(8-11)14(17)19-21/h2-8,21H,1H3,(H2,17,19)(H,18,20). The Morgan fingerprint density at radius 3 is 2.71 bits per heavy atom. The van der Waals surface area contributed by atoms with E-state index in [0.29, 0.717) is 21.8 Å². The molecule has 0 atom stereocenters. The third-order valence-corrected chi connectivity index (χ3v) is 3.46. The van der Waals surface area contributed by atoms with E-state index in [1.54, 1.807) is 36.4 Å². The zero-order valence-electron chi connectivity index (χ0n) is 11.3. The minimum Gasteiger partial charge on any atom is -0.409 e. The number of hydrogen-bond donors (Lipinski definition) is 3. The molecule has 1 amide bonds. The molecule has 0 bridgehead atoms. The van der Waals surface area contributed by atoms with Crippen molar-refractivity contribution >= 4 is 29.0 Å². The lowest BCUT2D eigenvalue weighted by Gasteiger charge is -2.09. The lowest BCUT2D eigenvalue weighted by Crippen LogP contribution is -2.15. The predicted octanol–water partition coefficient (Wildman–Crippen LogP) is 3.00. The van der Waals surface area contributed by atoms with Crippen molar-refractivity contribution in [2.24, 2.45) is 10.9 Å². The second kappa shape index (κ2) is 6.28. The van der Waals surface area contributed by atoms with Gasteiger partial charge in [0.15, 0.2) is 5.84 Å². The maximum absolute atomic E-state index is 12.2. The van der Waals surface area contributed by atoms with E-state index in [9.17, 15) is 4.79 Å². The van der Waals surface area contributed by atoms with Crippen molar-refractivity contribution in [3.63, 3.8) is 0 Å². The van der Waals surface area contributed by atoms with E-state index in [-0.39, 0.29) is 11.7 Å². The summed E-state index contributed by atoms with van der Waals surface area (Å²) in [5.41, 5.74) is 7.77. The highest BCUT2D eigenvalue weighted by Crippen LogP contribution is 2.21. The summed E-state index contributed by atoms with van der Waals surface area (Å²) in [5.74, 6) is -0.347. The number of nitrogens with zero attached hydrogens (tertiary/aromatic N) is 1. The summed E-state index contributed by atoms with van der Waals surface area (Å²) in [7, 11) is 0. The lowest BCUT2D eigenvalue weighted by atomic mass is 10.1. The van der Waals surface area contributed by atoms with Gasteiger partial charge in [-0.3, -0.25) is 4.79 Å². The Hall–Kier alpha value is -2.53. The summed E-state index contributed by atoms with van der Waals surface area (Å²) < 4.78 is 0. The Morgan fingerprint density at radius 2 is 2.00 bits per heavy atom. The van der Waals surface area contributed by atoms with Crippen LogP contribution in [0.3, 0.4) is 0 Å². The third kappa shape index (κ3) is 3.32. The first-order chi connectivity index (χ1) is 10.0. The zero-order chi connectivity index (χ0) is 15.4. The second-order valence-electron chi connectivity index (χ2n) is 4.46. The summed E-state index contributed by atoms with van der Waals surface area (Å²) in [6.45, 7) is 1.83. The molecule has 4 N–H and O–H groups in total. The van der Waals surface area contributed by atoms with E-state index < -0.39 is 0 Å². The molecule has 0 fully saturated rings. The van der Waals surface area contributed by atoms with Crippen molar-refractivity contribution in [1.82, 2.24) is 0 Å². The number of amidine groups is 1. The van der Waals surface area contributed by atoms with Gasteiger partial charge in [-0.1, -0.05) is 41.0 Å². The molecular formula is C15H14ClN3O2. The molecule has 0 aromatic heterocycles. The molecule has 2 aromatic rings. The van der Waals surface area contributed by atoms with Crippen molar-refractivity contribution < 1.29 is 10.0 Å². The van der Waals surface area contributed by atoms with Crippen molar-refractivity contribution in [3.05, 3.63) is 64.2 Å². The largest absolute Gasteiger partial charge is 0.409 e. The lowest BCUT2D eigenvalue weighted by molar-refractivity contribution is 0.102. The highest BCUT2D eigenvalue weighted by Gasteiger charge is 2.12. The van der Waals surface area contributed by atoms with Crippen LogP contribution in [-0.4, -0.2) is 17.0 Å². The maximum atomic E-state index is 12.2. The van der Waals surface area contributed by atoms with E-state index >= 15 is 0 Å². The summed E-state index contributed by atoms with van der Waals surface area (Å²) in [6.07, 6.45) is 0. The number of oxime groups is 1. The number of anilines is 1. The van der Waals surface area contributed by atoms with Crippen molar-refractivity contribution in [1.29, 1.82) is 0 Å². The molecule has 0 aliphatic heterocycles. The van der Waals surface area contributed by atoms with Gasteiger partial charge in [-0.15, -0.1) is 0 Å². The van der Waals surface area contributed by atoms with Gasteiger partial charge in [0, 0.05) is 11.3 Å². The normalized spacial score (nSPS) is 11.2. The molecule has 2 aromatic carbocycles. The quantitative estimate of drug-likeness (QED) is 0.352. The molecule has 0 aliphatic carbocycles. The monoisotopic (exact) mass is 303 g/mol. The average Bonchev–Trinajstić information content (AvgIpc) is 2.49. The molecule has 0 spiro atoms. The molecule has 5 nitrogen and oxygen atoms in total. The molecular weight excluding hydrogens is 290 g/mol. The topological polar surface area (TPSA) is 87.7 Å². The fourth-order valence-electron chi connectivity index (χ4n) is 1.84. The number of benzene rings is 2. The average molecular weight is 304 g/mol. The van der Waals surface area contributed by atoms with Crippen LogP contribution in [0.1, 0.15) is 21.5 Å². The predicted molar refractivity (Wildman–Crippen MR) is 83.1 cm³/mol. The van der Waals surface area contributed by atoms with E-state index in [1.165, 1.54) is 0 Å².